The maximum absolute atomic E-state index is 2.51. The molecule has 3 aliphatic carbocycles. The Kier molecular flexibility index (Phi) is 8.61. The van der Waals surface area contributed by atoms with Crippen LogP contribution in [-0.2, 0) is 10.8 Å². The number of fused-ring (bicyclic) bond motifs is 14. The van der Waals surface area contributed by atoms with Crippen molar-refractivity contribution in [1.29, 1.82) is 0 Å². The van der Waals surface area contributed by atoms with Gasteiger partial charge in [-0.3, -0.25) is 0 Å². The highest BCUT2D eigenvalue weighted by molar-refractivity contribution is 6.01. The lowest BCUT2D eigenvalue weighted by Gasteiger charge is -2.32. The molecule has 11 aromatic carbocycles. The van der Waals surface area contributed by atoms with Crippen molar-refractivity contribution in [3.63, 3.8) is 0 Å². The van der Waals surface area contributed by atoms with Crippen LogP contribution in [0.5, 0.6) is 0 Å². The van der Waals surface area contributed by atoms with E-state index in [-0.39, 0.29) is 5.41 Å². The third-order valence-electron chi connectivity index (χ3n) is 15.7. The summed E-state index contributed by atoms with van der Waals surface area (Å²) in [4.78, 5) is 2.51. The molecule has 3 aliphatic rings. The van der Waals surface area contributed by atoms with Gasteiger partial charge in [-0.1, -0.05) is 220 Å². The van der Waals surface area contributed by atoms with Crippen LogP contribution in [0.4, 0.5) is 17.1 Å². The minimum absolute atomic E-state index is 0.0557. The van der Waals surface area contributed by atoms with Gasteiger partial charge in [0.15, 0.2) is 0 Å². The Morgan fingerprint density at radius 3 is 1.42 bits per heavy atom. The summed E-state index contributed by atoms with van der Waals surface area (Å²) in [5.41, 5.74) is 26.1. The van der Waals surface area contributed by atoms with E-state index >= 15 is 0 Å². The fourth-order valence-corrected chi connectivity index (χ4v) is 12.6. The van der Waals surface area contributed by atoms with Crippen molar-refractivity contribution in [3.8, 4) is 66.8 Å². The van der Waals surface area contributed by atoms with Crippen molar-refractivity contribution in [2.75, 3.05) is 4.90 Å². The second-order valence-corrected chi connectivity index (χ2v) is 19.6. The van der Waals surface area contributed by atoms with Gasteiger partial charge in [0, 0.05) is 22.4 Å². The topological polar surface area (TPSA) is 3.24 Å². The molecule has 0 aromatic heterocycles. The van der Waals surface area contributed by atoms with Crippen molar-refractivity contribution in [2.45, 2.75) is 24.7 Å². The maximum atomic E-state index is 2.51. The predicted octanol–water partition coefficient (Wildman–Crippen LogP) is 18.0. The lowest BCUT2D eigenvalue weighted by molar-refractivity contribution is 0.660. The Morgan fingerprint density at radius 2 is 0.739 bits per heavy atom. The monoisotopic (exact) mass is 877 g/mol. The maximum Gasteiger partial charge on any atom is 0.0725 e. The standard InChI is InChI=1S/C68H47N/c1-67(2)59-27-13-9-22-53(59)57-38-35-49(42-64(57)67)46-32-33-48-41-50(36-34-47(48)40-46)69(65-31-17-26-52(44-18-5-3-6-19-44)66(65)45-20-7-4-8-21-45)51-37-39-63-58(43-51)56-25-12-16-30-62(56)68(63)60-28-14-10-23-54(60)55-24-11-15-29-61(55)68/h3-43H,1-2H3. The van der Waals surface area contributed by atoms with Gasteiger partial charge in [0.25, 0.3) is 0 Å². The first kappa shape index (κ1) is 39.6. The van der Waals surface area contributed by atoms with Crippen LogP contribution in [0.2, 0.25) is 0 Å². The Hall–Kier alpha value is -8.52. The molecule has 14 rings (SSSR count). The lowest BCUT2D eigenvalue weighted by atomic mass is 9.70. The van der Waals surface area contributed by atoms with Crippen LogP contribution in [0, 0.1) is 0 Å². The van der Waals surface area contributed by atoms with Gasteiger partial charge in [0.1, 0.15) is 0 Å². The highest BCUT2D eigenvalue weighted by Gasteiger charge is 2.51. The zero-order chi connectivity index (χ0) is 45.8. The van der Waals surface area contributed by atoms with E-state index in [0.29, 0.717) is 0 Å². The molecular formula is C68H47N. The van der Waals surface area contributed by atoms with Gasteiger partial charge in [0.05, 0.1) is 11.1 Å². The summed E-state index contributed by atoms with van der Waals surface area (Å²) in [5.74, 6) is 0. The lowest BCUT2D eigenvalue weighted by Crippen LogP contribution is -2.25. The average Bonchev–Trinajstić information content (AvgIpc) is 3.97. The molecule has 0 bridgehead atoms. The highest BCUT2D eigenvalue weighted by Crippen LogP contribution is 2.63. The van der Waals surface area contributed by atoms with Gasteiger partial charge in [-0.2, -0.15) is 0 Å². The summed E-state index contributed by atoms with van der Waals surface area (Å²) >= 11 is 0. The first-order valence-corrected chi connectivity index (χ1v) is 24.2. The quantitative estimate of drug-likeness (QED) is 0.161. The molecule has 0 saturated heterocycles. The summed E-state index contributed by atoms with van der Waals surface area (Å²) in [6, 6.07) is 93.1. The third kappa shape index (κ3) is 5.71. The molecular weight excluding hydrogens is 831 g/mol. The number of anilines is 3. The van der Waals surface area contributed by atoms with Gasteiger partial charge in [-0.25, -0.2) is 0 Å². The SMILES string of the molecule is CC1(C)c2ccccc2-c2ccc(-c3ccc4cc(N(c5ccc6c(c5)-c5ccccc5C65c6ccccc6-c6ccccc65)c5cccc(-c6ccccc6)c5-c5ccccc5)ccc4c3)cc21. The molecule has 0 aliphatic heterocycles. The normalized spacial score (nSPS) is 13.9. The average molecular weight is 878 g/mol. The van der Waals surface area contributed by atoms with Gasteiger partial charge in [-0.05, 0) is 148 Å². The molecule has 1 nitrogen and oxygen atoms in total. The van der Waals surface area contributed by atoms with E-state index in [0.717, 1.165) is 17.1 Å². The summed E-state index contributed by atoms with van der Waals surface area (Å²) in [6.07, 6.45) is 0. The molecule has 0 fully saturated rings. The Balaban J connectivity index is 0.969. The first-order valence-electron chi connectivity index (χ1n) is 24.2. The molecule has 1 heteroatoms. The molecule has 69 heavy (non-hydrogen) atoms. The second kappa shape index (κ2) is 15.0. The Labute approximate surface area is 404 Å². The number of rotatable bonds is 6. The molecule has 0 radical (unpaired) electrons. The van der Waals surface area contributed by atoms with E-state index < -0.39 is 5.41 Å². The largest absolute Gasteiger partial charge is 0.310 e. The van der Waals surface area contributed by atoms with E-state index in [2.05, 4.69) is 267 Å². The molecule has 0 N–H and O–H groups in total. The first-order chi connectivity index (χ1) is 34.0. The summed E-state index contributed by atoms with van der Waals surface area (Å²) in [6.45, 7) is 4.72. The van der Waals surface area contributed by atoms with Crippen LogP contribution < -0.4 is 4.90 Å². The minimum atomic E-state index is -0.413. The third-order valence-corrected chi connectivity index (χ3v) is 15.7. The number of nitrogens with zero attached hydrogens (tertiary/aromatic N) is 1. The molecule has 11 aromatic rings. The zero-order valence-electron chi connectivity index (χ0n) is 38.6. The van der Waals surface area contributed by atoms with Crippen molar-refractivity contribution >= 4 is 27.8 Å². The number of hydrogen-bond acceptors (Lipinski definition) is 1. The molecule has 0 atom stereocenters. The van der Waals surface area contributed by atoms with Crippen LogP contribution >= 0.6 is 0 Å². The Morgan fingerprint density at radius 1 is 0.275 bits per heavy atom. The smallest absolute Gasteiger partial charge is 0.0725 e. The van der Waals surface area contributed by atoms with Crippen LogP contribution in [0.3, 0.4) is 0 Å². The minimum Gasteiger partial charge on any atom is -0.310 e. The predicted molar refractivity (Wildman–Crippen MR) is 289 cm³/mol. The van der Waals surface area contributed by atoms with E-state index in [4.69, 9.17) is 0 Å². The van der Waals surface area contributed by atoms with Crippen LogP contribution in [0.15, 0.2) is 249 Å². The number of hydrogen-bond donors (Lipinski definition) is 0. The highest BCUT2D eigenvalue weighted by atomic mass is 15.1. The number of benzene rings is 11. The summed E-state index contributed by atoms with van der Waals surface area (Å²) in [5, 5.41) is 2.41. The molecule has 0 amide bonds. The van der Waals surface area contributed by atoms with E-state index in [1.165, 1.54) is 111 Å². The van der Waals surface area contributed by atoms with E-state index in [1.54, 1.807) is 0 Å². The fourth-order valence-electron chi connectivity index (χ4n) is 12.6. The van der Waals surface area contributed by atoms with E-state index in [9.17, 15) is 0 Å². The van der Waals surface area contributed by atoms with Crippen molar-refractivity contribution in [2.24, 2.45) is 0 Å². The molecule has 324 valence electrons. The van der Waals surface area contributed by atoms with Gasteiger partial charge < -0.3 is 4.90 Å². The van der Waals surface area contributed by atoms with Crippen molar-refractivity contribution < 1.29 is 0 Å². The van der Waals surface area contributed by atoms with Gasteiger partial charge in [0.2, 0.25) is 0 Å². The van der Waals surface area contributed by atoms with Crippen molar-refractivity contribution in [1.82, 2.24) is 0 Å². The fraction of sp³-hybridized carbons (Fsp3) is 0.0588. The van der Waals surface area contributed by atoms with E-state index in [1.807, 2.05) is 0 Å². The summed E-state index contributed by atoms with van der Waals surface area (Å²) < 4.78 is 0. The molecule has 1 spiro atoms. The van der Waals surface area contributed by atoms with Crippen LogP contribution in [-0.4, -0.2) is 0 Å². The van der Waals surface area contributed by atoms with Crippen LogP contribution in [0.25, 0.3) is 77.5 Å². The van der Waals surface area contributed by atoms with Gasteiger partial charge >= 0.3 is 0 Å². The van der Waals surface area contributed by atoms with Crippen molar-refractivity contribution in [3.05, 3.63) is 282 Å². The molecule has 0 saturated carbocycles. The van der Waals surface area contributed by atoms with Gasteiger partial charge in [-0.15, -0.1) is 0 Å². The zero-order valence-corrected chi connectivity index (χ0v) is 38.6. The second-order valence-electron chi connectivity index (χ2n) is 19.6. The summed E-state index contributed by atoms with van der Waals surface area (Å²) in [7, 11) is 0. The Bertz CT molecular complexity index is 3830. The molecule has 0 unspecified atom stereocenters. The van der Waals surface area contributed by atoms with Crippen LogP contribution in [0.1, 0.15) is 47.2 Å². The molecule has 0 heterocycles.